The number of carbonyl (C=O) groups excluding carboxylic acids is 1. The molecular weight excluding hydrogens is 376 g/mol. The molecule has 2 aromatic heterocycles. The molecule has 0 atom stereocenters. The van der Waals surface area contributed by atoms with Crippen molar-refractivity contribution in [3.8, 4) is 11.6 Å². The fourth-order valence-electron chi connectivity index (χ4n) is 3.41. The molecule has 1 amide bonds. The molecule has 3 aromatic rings. The number of pyridine rings is 1. The first-order valence-electron chi connectivity index (χ1n) is 9.36. The lowest BCUT2D eigenvalue weighted by Gasteiger charge is -2.29. The number of hydrogen-bond donors (Lipinski definition) is 1. The molecule has 4 rings (SSSR count). The van der Waals surface area contributed by atoms with Gasteiger partial charge < -0.3 is 10.1 Å². The van der Waals surface area contributed by atoms with Gasteiger partial charge in [-0.05, 0) is 56.0 Å². The number of amides is 1. The Bertz CT molecular complexity index is 920. The molecule has 1 fully saturated rings. The zero-order chi connectivity index (χ0) is 19.3. The molecule has 0 aliphatic heterocycles. The van der Waals surface area contributed by atoms with Crippen LogP contribution in [0.25, 0.3) is 5.69 Å². The summed E-state index contributed by atoms with van der Waals surface area (Å²) in [5.41, 5.74) is 1.50. The van der Waals surface area contributed by atoms with Crippen LogP contribution in [-0.2, 0) is 0 Å². The molecule has 1 saturated carbocycles. The molecule has 1 aliphatic rings. The Morgan fingerprint density at radius 3 is 2.71 bits per heavy atom. The zero-order valence-corrected chi connectivity index (χ0v) is 16.0. The van der Waals surface area contributed by atoms with Gasteiger partial charge >= 0.3 is 0 Å². The molecule has 6 nitrogen and oxygen atoms in total. The second kappa shape index (κ2) is 8.44. The Hall–Kier alpha value is -2.86. The van der Waals surface area contributed by atoms with Gasteiger partial charge in [0.05, 0.1) is 10.7 Å². The molecule has 1 N–H and O–H groups in total. The summed E-state index contributed by atoms with van der Waals surface area (Å²) in [7, 11) is 0. The van der Waals surface area contributed by atoms with Crippen LogP contribution in [0.1, 0.15) is 36.0 Å². The van der Waals surface area contributed by atoms with Gasteiger partial charge in [-0.2, -0.15) is 5.10 Å². The van der Waals surface area contributed by atoms with Gasteiger partial charge in [0, 0.05) is 36.3 Å². The van der Waals surface area contributed by atoms with E-state index >= 15 is 0 Å². The van der Waals surface area contributed by atoms with E-state index in [0.717, 1.165) is 31.4 Å². The van der Waals surface area contributed by atoms with Crippen LogP contribution in [-0.4, -0.2) is 32.8 Å². The molecule has 1 aliphatic carbocycles. The summed E-state index contributed by atoms with van der Waals surface area (Å²) in [5, 5.41) is 7.94. The summed E-state index contributed by atoms with van der Waals surface area (Å²) in [6, 6.07) is 13.0. The van der Waals surface area contributed by atoms with E-state index in [0.29, 0.717) is 16.5 Å². The van der Waals surface area contributed by atoms with E-state index < -0.39 is 0 Å². The molecule has 0 bridgehead atoms. The normalized spacial score (nSPS) is 19.2. The molecule has 0 unspecified atom stereocenters. The quantitative estimate of drug-likeness (QED) is 0.706. The van der Waals surface area contributed by atoms with E-state index in [4.69, 9.17) is 16.3 Å². The number of benzene rings is 1. The monoisotopic (exact) mass is 396 g/mol. The molecule has 7 heteroatoms. The number of nitrogens with zero attached hydrogens (tertiary/aromatic N) is 3. The third kappa shape index (κ3) is 4.51. The van der Waals surface area contributed by atoms with Gasteiger partial charge in [-0.3, -0.25) is 4.79 Å². The zero-order valence-electron chi connectivity index (χ0n) is 15.3. The van der Waals surface area contributed by atoms with Crippen molar-refractivity contribution in [1.29, 1.82) is 0 Å². The van der Waals surface area contributed by atoms with Gasteiger partial charge in [0.25, 0.3) is 5.91 Å². The van der Waals surface area contributed by atoms with Crippen LogP contribution in [0.5, 0.6) is 5.88 Å². The van der Waals surface area contributed by atoms with Crippen molar-refractivity contribution < 1.29 is 9.53 Å². The van der Waals surface area contributed by atoms with Crippen molar-refractivity contribution in [1.82, 2.24) is 20.1 Å². The number of nitrogens with one attached hydrogen (secondary N) is 1. The van der Waals surface area contributed by atoms with Crippen LogP contribution in [0, 0.1) is 0 Å². The van der Waals surface area contributed by atoms with Gasteiger partial charge in [-0.1, -0.05) is 17.7 Å². The van der Waals surface area contributed by atoms with E-state index in [1.165, 1.54) is 0 Å². The van der Waals surface area contributed by atoms with Crippen LogP contribution in [0.4, 0.5) is 0 Å². The Morgan fingerprint density at radius 1 is 1.14 bits per heavy atom. The molecule has 2 heterocycles. The molecule has 0 radical (unpaired) electrons. The van der Waals surface area contributed by atoms with Gasteiger partial charge in [-0.25, -0.2) is 9.67 Å². The van der Waals surface area contributed by atoms with Gasteiger partial charge in [0.2, 0.25) is 5.88 Å². The van der Waals surface area contributed by atoms with Crippen molar-refractivity contribution in [2.75, 3.05) is 0 Å². The first-order chi connectivity index (χ1) is 13.7. The van der Waals surface area contributed by atoms with Gasteiger partial charge in [0.1, 0.15) is 6.10 Å². The Labute approximate surface area is 168 Å². The van der Waals surface area contributed by atoms with Crippen molar-refractivity contribution in [2.24, 2.45) is 0 Å². The maximum atomic E-state index is 12.6. The summed E-state index contributed by atoms with van der Waals surface area (Å²) in [4.78, 5) is 16.8. The second-order valence-corrected chi connectivity index (χ2v) is 7.32. The largest absolute Gasteiger partial charge is 0.474 e. The molecular formula is C21H21ClN4O2. The average Bonchev–Trinajstić information content (AvgIpc) is 3.26. The standard InChI is InChI=1S/C21H21ClN4O2/c22-16-5-10-20(23-14-16)28-19-8-6-17(7-9-19)25-21(27)15-3-1-4-18(13-15)26-12-2-11-24-26/h1-5,10-14,17,19H,6-9H2,(H,25,27). The lowest BCUT2D eigenvalue weighted by Crippen LogP contribution is -2.39. The third-order valence-corrected chi connectivity index (χ3v) is 5.10. The van der Waals surface area contributed by atoms with Crippen molar-refractivity contribution in [2.45, 2.75) is 37.8 Å². The van der Waals surface area contributed by atoms with E-state index in [1.807, 2.05) is 36.5 Å². The number of ether oxygens (including phenoxy) is 1. The first kappa shape index (κ1) is 18.5. The van der Waals surface area contributed by atoms with Crippen LogP contribution in [0.3, 0.4) is 0 Å². The Balaban J connectivity index is 1.30. The maximum Gasteiger partial charge on any atom is 0.251 e. The molecule has 0 saturated heterocycles. The predicted octanol–water partition coefficient (Wildman–Crippen LogP) is 4.04. The number of hydrogen-bond acceptors (Lipinski definition) is 4. The molecule has 1 aromatic carbocycles. The summed E-state index contributed by atoms with van der Waals surface area (Å²) in [6.07, 6.45) is 8.78. The minimum absolute atomic E-state index is 0.0576. The fourth-order valence-corrected chi connectivity index (χ4v) is 3.52. The highest BCUT2D eigenvalue weighted by Crippen LogP contribution is 2.24. The first-order valence-corrected chi connectivity index (χ1v) is 9.74. The molecule has 0 spiro atoms. The van der Waals surface area contributed by atoms with E-state index in [-0.39, 0.29) is 18.1 Å². The smallest absolute Gasteiger partial charge is 0.251 e. The SMILES string of the molecule is O=C(NC1CCC(Oc2ccc(Cl)cn2)CC1)c1cccc(-n2cccn2)c1. The lowest BCUT2D eigenvalue weighted by atomic mass is 9.92. The lowest BCUT2D eigenvalue weighted by molar-refractivity contribution is 0.0890. The third-order valence-electron chi connectivity index (χ3n) is 4.87. The van der Waals surface area contributed by atoms with Crippen LogP contribution in [0.2, 0.25) is 5.02 Å². The summed E-state index contributed by atoms with van der Waals surface area (Å²) >= 11 is 5.85. The Morgan fingerprint density at radius 2 is 2.00 bits per heavy atom. The minimum Gasteiger partial charge on any atom is -0.474 e. The number of halogens is 1. The Kier molecular flexibility index (Phi) is 5.58. The van der Waals surface area contributed by atoms with Crippen molar-refractivity contribution in [3.63, 3.8) is 0 Å². The minimum atomic E-state index is -0.0576. The fraction of sp³-hybridized carbons (Fsp3) is 0.286. The highest BCUT2D eigenvalue weighted by Gasteiger charge is 2.24. The predicted molar refractivity (Wildman–Crippen MR) is 107 cm³/mol. The van der Waals surface area contributed by atoms with Crippen molar-refractivity contribution in [3.05, 3.63) is 71.6 Å². The van der Waals surface area contributed by atoms with Gasteiger partial charge in [-0.15, -0.1) is 0 Å². The number of aromatic nitrogens is 3. The summed E-state index contributed by atoms with van der Waals surface area (Å²) in [6.45, 7) is 0. The summed E-state index contributed by atoms with van der Waals surface area (Å²) < 4.78 is 7.65. The van der Waals surface area contributed by atoms with E-state index in [1.54, 1.807) is 29.2 Å². The highest BCUT2D eigenvalue weighted by atomic mass is 35.5. The van der Waals surface area contributed by atoms with Crippen LogP contribution < -0.4 is 10.1 Å². The topological polar surface area (TPSA) is 69.0 Å². The molecule has 28 heavy (non-hydrogen) atoms. The van der Waals surface area contributed by atoms with Gasteiger partial charge in [0.15, 0.2) is 0 Å². The second-order valence-electron chi connectivity index (χ2n) is 6.88. The van der Waals surface area contributed by atoms with Crippen LogP contribution in [0.15, 0.2) is 61.1 Å². The highest BCUT2D eigenvalue weighted by molar-refractivity contribution is 6.30. The van der Waals surface area contributed by atoms with Crippen molar-refractivity contribution >= 4 is 17.5 Å². The van der Waals surface area contributed by atoms with E-state index in [9.17, 15) is 4.79 Å². The maximum absolute atomic E-state index is 12.6. The number of carbonyl (C=O) groups is 1. The summed E-state index contributed by atoms with van der Waals surface area (Å²) in [5.74, 6) is 0.532. The average molecular weight is 397 g/mol. The van der Waals surface area contributed by atoms with Crippen LogP contribution >= 0.6 is 11.6 Å². The molecule has 144 valence electrons. The number of rotatable bonds is 5. The van der Waals surface area contributed by atoms with E-state index in [2.05, 4.69) is 15.4 Å².